The van der Waals surface area contributed by atoms with Crippen LogP contribution < -0.4 is 15.5 Å². The molecule has 0 spiro atoms. The summed E-state index contributed by atoms with van der Waals surface area (Å²) in [7, 11) is 0. The summed E-state index contributed by atoms with van der Waals surface area (Å²) in [6.07, 6.45) is 3.05. The number of ether oxygens (including phenoxy) is 1. The van der Waals surface area contributed by atoms with Crippen LogP contribution in [0.2, 0.25) is 0 Å². The first-order valence-corrected chi connectivity index (χ1v) is 11.8. The topological polar surface area (TPSA) is 99.7 Å². The second kappa shape index (κ2) is 9.35. The Morgan fingerprint density at radius 2 is 1.91 bits per heavy atom. The highest BCUT2D eigenvalue weighted by molar-refractivity contribution is 5.89. The van der Waals surface area contributed by atoms with Crippen LogP contribution in [0.15, 0.2) is 24.3 Å². The number of fused-ring (bicyclic) bond motifs is 3. The summed E-state index contributed by atoms with van der Waals surface area (Å²) in [5.41, 5.74) is 3.75. The first-order valence-electron chi connectivity index (χ1n) is 11.8. The van der Waals surface area contributed by atoms with Crippen molar-refractivity contribution in [1.82, 2.24) is 20.2 Å². The summed E-state index contributed by atoms with van der Waals surface area (Å²) in [4.78, 5) is 38.6. The van der Waals surface area contributed by atoms with E-state index < -0.39 is 0 Å². The van der Waals surface area contributed by atoms with Gasteiger partial charge >= 0.3 is 6.03 Å². The molecule has 0 bridgehead atoms. The molecule has 3 aliphatic rings. The van der Waals surface area contributed by atoms with Crippen molar-refractivity contribution in [2.24, 2.45) is 0 Å². The van der Waals surface area contributed by atoms with E-state index in [1.54, 1.807) is 0 Å². The Labute approximate surface area is 193 Å². The van der Waals surface area contributed by atoms with Gasteiger partial charge in [-0.2, -0.15) is 0 Å². The molecule has 9 heteroatoms. The van der Waals surface area contributed by atoms with Gasteiger partial charge in [0, 0.05) is 49.4 Å². The van der Waals surface area contributed by atoms with E-state index in [0.29, 0.717) is 37.7 Å². The van der Waals surface area contributed by atoms with Crippen molar-refractivity contribution >= 4 is 23.4 Å². The van der Waals surface area contributed by atoms with Crippen molar-refractivity contribution in [3.8, 4) is 11.4 Å². The van der Waals surface area contributed by atoms with Crippen molar-refractivity contribution in [2.75, 3.05) is 49.6 Å². The molecule has 0 aliphatic carbocycles. The third-order valence-electron chi connectivity index (χ3n) is 6.51. The molecule has 1 atom stereocenters. The molecule has 4 heterocycles. The van der Waals surface area contributed by atoms with Gasteiger partial charge in [-0.1, -0.05) is 6.92 Å². The lowest BCUT2D eigenvalue weighted by Gasteiger charge is -2.36. The van der Waals surface area contributed by atoms with Gasteiger partial charge in [-0.25, -0.2) is 14.8 Å². The van der Waals surface area contributed by atoms with Crippen molar-refractivity contribution in [3.63, 3.8) is 0 Å². The van der Waals surface area contributed by atoms with E-state index in [-0.39, 0.29) is 18.0 Å². The second-order valence-electron chi connectivity index (χ2n) is 8.68. The average molecular weight is 451 g/mol. The molecule has 0 saturated carbocycles. The normalized spacial score (nSPS) is 19.8. The Hall–Kier alpha value is -3.20. The number of morpholine rings is 1. The van der Waals surface area contributed by atoms with Gasteiger partial charge < -0.3 is 25.2 Å². The van der Waals surface area contributed by atoms with Crippen LogP contribution in [-0.4, -0.2) is 66.2 Å². The van der Waals surface area contributed by atoms with Crippen molar-refractivity contribution in [2.45, 2.75) is 38.6 Å². The minimum absolute atomic E-state index is 0.0333. The van der Waals surface area contributed by atoms with Gasteiger partial charge in [0.15, 0.2) is 5.82 Å². The number of nitrogens with one attached hydrogen (secondary N) is 2. The Morgan fingerprint density at radius 1 is 1.12 bits per heavy atom. The first kappa shape index (κ1) is 21.6. The van der Waals surface area contributed by atoms with E-state index in [2.05, 4.69) is 15.5 Å². The van der Waals surface area contributed by atoms with Gasteiger partial charge in [0.05, 0.1) is 24.9 Å². The molecule has 1 unspecified atom stereocenters. The lowest BCUT2D eigenvalue weighted by atomic mass is 9.97. The number of amides is 3. The largest absolute Gasteiger partial charge is 0.378 e. The molecule has 5 rings (SSSR count). The lowest BCUT2D eigenvalue weighted by Crippen LogP contribution is -2.40. The van der Waals surface area contributed by atoms with Crippen LogP contribution in [0, 0.1) is 0 Å². The standard InChI is InChI=1S/C24H30N6O3/c1-2-10-25-24(32)26-17-5-3-16(4-6-17)22-27-21-18(9-11-30-19(21)7-8-20(30)31)23(28-22)29-12-14-33-15-13-29/h3-6,19H,2,7-15H2,1H3,(H2,25,26,32). The maximum atomic E-state index is 12.4. The third-order valence-corrected chi connectivity index (χ3v) is 6.51. The molecule has 0 radical (unpaired) electrons. The lowest BCUT2D eigenvalue weighted by molar-refractivity contribution is -0.129. The van der Waals surface area contributed by atoms with Crippen LogP contribution in [0.1, 0.15) is 43.5 Å². The zero-order chi connectivity index (χ0) is 22.8. The Bertz CT molecular complexity index is 1040. The number of urea groups is 1. The number of anilines is 2. The minimum Gasteiger partial charge on any atom is -0.378 e. The number of aromatic nitrogens is 2. The highest BCUT2D eigenvalue weighted by atomic mass is 16.5. The predicted octanol–water partition coefficient (Wildman–Crippen LogP) is 2.73. The van der Waals surface area contributed by atoms with Crippen LogP contribution in [-0.2, 0) is 16.0 Å². The number of rotatable bonds is 5. The Morgan fingerprint density at radius 3 is 2.67 bits per heavy atom. The summed E-state index contributed by atoms with van der Waals surface area (Å²) in [5, 5.41) is 5.65. The van der Waals surface area contributed by atoms with Gasteiger partial charge in [-0.05, 0) is 43.5 Å². The number of benzene rings is 1. The maximum Gasteiger partial charge on any atom is 0.319 e. The SMILES string of the molecule is CCCNC(=O)Nc1ccc(-c2nc3c(c(N4CCOCC4)n2)CCN2C(=O)CCC32)cc1. The molecule has 2 N–H and O–H groups in total. The van der Waals surface area contributed by atoms with Crippen molar-refractivity contribution < 1.29 is 14.3 Å². The van der Waals surface area contributed by atoms with Gasteiger partial charge in [0.2, 0.25) is 5.91 Å². The fourth-order valence-electron chi connectivity index (χ4n) is 4.82. The number of carbonyl (C=O) groups is 2. The Kier molecular flexibility index (Phi) is 6.13. The van der Waals surface area contributed by atoms with Gasteiger partial charge in [0.1, 0.15) is 5.82 Å². The smallest absolute Gasteiger partial charge is 0.319 e. The Balaban J connectivity index is 1.47. The molecule has 3 aliphatic heterocycles. The average Bonchev–Trinajstić information content (AvgIpc) is 3.24. The molecule has 174 valence electrons. The summed E-state index contributed by atoms with van der Waals surface area (Å²) >= 11 is 0. The molecular formula is C24H30N6O3. The van der Waals surface area contributed by atoms with E-state index >= 15 is 0 Å². The second-order valence-corrected chi connectivity index (χ2v) is 8.68. The van der Waals surface area contributed by atoms with Crippen LogP contribution in [0.4, 0.5) is 16.3 Å². The molecular weight excluding hydrogens is 420 g/mol. The zero-order valence-electron chi connectivity index (χ0n) is 19.0. The molecule has 1 aromatic carbocycles. The van der Waals surface area contributed by atoms with E-state index in [0.717, 1.165) is 56.0 Å². The number of carbonyl (C=O) groups excluding carboxylic acids is 2. The third kappa shape index (κ3) is 4.37. The predicted molar refractivity (Wildman–Crippen MR) is 125 cm³/mol. The fourth-order valence-corrected chi connectivity index (χ4v) is 4.82. The molecule has 9 nitrogen and oxygen atoms in total. The summed E-state index contributed by atoms with van der Waals surface area (Å²) < 4.78 is 5.56. The number of hydrogen-bond donors (Lipinski definition) is 2. The summed E-state index contributed by atoms with van der Waals surface area (Å²) in [5.74, 6) is 1.84. The molecule has 2 fully saturated rings. The molecule has 33 heavy (non-hydrogen) atoms. The van der Waals surface area contributed by atoms with E-state index in [9.17, 15) is 9.59 Å². The number of nitrogens with zero attached hydrogens (tertiary/aromatic N) is 4. The van der Waals surface area contributed by atoms with Gasteiger partial charge in [-0.3, -0.25) is 4.79 Å². The number of hydrogen-bond acceptors (Lipinski definition) is 6. The summed E-state index contributed by atoms with van der Waals surface area (Å²) in [6, 6.07) is 7.41. The van der Waals surface area contributed by atoms with Crippen molar-refractivity contribution in [1.29, 1.82) is 0 Å². The molecule has 1 aromatic heterocycles. The molecule has 2 aromatic rings. The summed E-state index contributed by atoms with van der Waals surface area (Å²) in [6.45, 7) is 6.34. The van der Waals surface area contributed by atoms with Crippen LogP contribution in [0.25, 0.3) is 11.4 Å². The van der Waals surface area contributed by atoms with E-state index in [4.69, 9.17) is 14.7 Å². The fraction of sp³-hybridized carbons (Fsp3) is 0.500. The van der Waals surface area contributed by atoms with Crippen LogP contribution >= 0.6 is 0 Å². The zero-order valence-corrected chi connectivity index (χ0v) is 19.0. The van der Waals surface area contributed by atoms with Crippen LogP contribution in [0.5, 0.6) is 0 Å². The van der Waals surface area contributed by atoms with E-state index in [1.165, 1.54) is 5.56 Å². The minimum atomic E-state index is -0.213. The highest BCUT2D eigenvalue weighted by Gasteiger charge is 2.39. The van der Waals surface area contributed by atoms with Gasteiger partial charge in [0.25, 0.3) is 0 Å². The van der Waals surface area contributed by atoms with Crippen molar-refractivity contribution in [3.05, 3.63) is 35.5 Å². The molecule has 3 amide bonds. The maximum absolute atomic E-state index is 12.4. The van der Waals surface area contributed by atoms with Gasteiger partial charge in [-0.15, -0.1) is 0 Å². The first-order chi connectivity index (χ1) is 16.1. The highest BCUT2D eigenvalue weighted by Crippen LogP contribution is 2.41. The monoisotopic (exact) mass is 450 g/mol. The quantitative estimate of drug-likeness (QED) is 0.727. The van der Waals surface area contributed by atoms with E-state index in [1.807, 2.05) is 36.1 Å². The molecule has 2 saturated heterocycles. The van der Waals surface area contributed by atoms with Crippen LogP contribution in [0.3, 0.4) is 0 Å².